The van der Waals surface area contributed by atoms with Crippen molar-refractivity contribution in [2.45, 2.75) is 25.8 Å². The van der Waals surface area contributed by atoms with Crippen LogP contribution in [-0.2, 0) is 4.79 Å². The number of aryl methyl sites for hydroxylation is 1. The first-order valence-corrected chi connectivity index (χ1v) is 6.45. The van der Waals surface area contributed by atoms with E-state index in [-0.39, 0.29) is 22.9 Å². The van der Waals surface area contributed by atoms with Crippen molar-refractivity contribution in [3.8, 4) is 0 Å². The van der Waals surface area contributed by atoms with Gasteiger partial charge >= 0.3 is 0 Å². The van der Waals surface area contributed by atoms with Crippen LogP contribution in [0.1, 0.15) is 29.4 Å². The normalized spacial score (nSPS) is 19.6. The first kappa shape index (κ1) is 12.2. The van der Waals surface area contributed by atoms with Crippen molar-refractivity contribution in [3.05, 3.63) is 11.8 Å². The number of amides is 1. The van der Waals surface area contributed by atoms with E-state index in [4.69, 9.17) is 4.42 Å². The van der Waals surface area contributed by atoms with Gasteiger partial charge in [-0.25, -0.2) is 0 Å². The molecule has 1 aliphatic rings. The van der Waals surface area contributed by atoms with Crippen LogP contribution < -0.4 is 0 Å². The number of hydrogen-bond donors (Lipinski definition) is 0. The van der Waals surface area contributed by atoms with Gasteiger partial charge in [0, 0.05) is 13.5 Å². The number of carbonyl (C=O) groups is 2. The molecule has 0 bridgehead atoms. The molecule has 6 nitrogen and oxygen atoms in total. The fourth-order valence-corrected chi connectivity index (χ4v) is 2.28. The van der Waals surface area contributed by atoms with Gasteiger partial charge in [0.15, 0.2) is 0 Å². The highest BCUT2D eigenvalue weighted by Crippen LogP contribution is 2.21. The summed E-state index contributed by atoms with van der Waals surface area (Å²) in [6.07, 6.45) is 1.47. The number of halogens is 1. The average Bonchev–Trinajstić information content (AvgIpc) is 2.95. The number of ketones is 1. The topological polar surface area (TPSA) is 76.3 Å². The van der Waals surface area contributed by atoms with E-state index in [1.807, 2.05) is 0 Å². The van der Waals surface area contributed by atoms with E-state index in [0.29, 0.717) is 18.9 Å². The Morgan fingerprint density at radius 3 is 2.88 bits per heavy atom. The molecular weight excluding hydrogens is 290 g/mol. The second kappa shape index (κ2) is 4.95. The van der Waals surface area contributed by atoms with Crippen molar-refractivity contribution in [2.75, 3.05) is 11.9 Å². The Morgan fingerprint density at radius 1 is 1.53 bits per heavy atom. The largest absolute Gasteiger partial charge is 0.419 e. The molecule has 1 saturated heterocycles. The van der Waals surface area contributed by atoms with Crippen LogP contribution in [0.25, 0.3) is 0 Å². The molecule has 0 saturated carbocycles. The third-order valence-electron chi connectivity index (χ3n) is 2.73. The molecule has 0 unspecified atom stereocenters. The van der Waals surface area contributed by atoms with Gasteiger partial charge in [-0.3, -0.25) is 9.59 Å². The lowest BCUT2D eigenvalue weighted by Gasteiger charge is -2.21. The second-order valence-electron chi connectivity index (χ2n) is 3.87. The maximum absolute atomic E-state index is 12.1. The summed E-state index contributed by atoms with van der Waals surface area (Å²) in [5.74, 6) is -0.0130. The molecule has 0 radical (unpaired) electrons. The predicted molar refractivity (Wildman–Crippen MR) is 61.9 cm³/mol. The molecular formula is C10H12BrN3O3. The zero-order chi connectivity index (χ0) is 12.4. The lowest BCUT2D eigenvalue weighted by molar-refractivity contribution is -0.128. The summed E-state index contributed by atoms with van der Waals surface area (Å²) in [4.78, 5) is 25.3. The number of nitrogens with zero attached hydrogens (tertiary/aromatic N) is 3. The van der Waals surface area contributed by atoms with Gasteiger partial charge in [0.1, 0.15) is 6.04 Å². The molecule has 2 rings (SSSR count). The van der Waals surface area contributed by atoms with Crippen molar-refractivity contribution in [2.24, 2.45) is 0 Å². The Labute approximate surface area is 106 Å². The molecule has 1 fully saturated rings. The van der Waals surface area contributed by atoms with Crippen LogP contribution in [0.5, 0.6) is 0 Å². The number of likely N-dealkylation sites (tertiary alicyclic amines) is 1. The molecule has 1 aliphatic heterocycles. The minimum absolute atomic E-state index is 0.0122. The first-order valence-electron chi connectivity index (χ1n) is 5.33. The van der Waals surface area contributed by atoms with Gasteiger partial charge < -0.3 is 9.32 Å². The maximum Gasteiger partial charge on any atom is 0.286 e. The maximum atomic E-state index is 12.1. The Kier molecular flexibility index (Phi) is 3.56. The number of carbonyl (C=O) groups excluding carboxylic acids is 2. The quantitative estimate of drug-likeness (QED) is 0.613. The Balaban J connectivity index is 2.16. The SMILES string of the molecule is Cc1nnc(C(=O)[C@@H]2CCCN2C(=O)CBr)o1. The highest BCUT2D eigenvalue weighted by Gasteiger charge is 2.36. The molecule has 0 N–H and O–H groups in total. The van der Waals surface area contributed by atoms with Gasteiger partial charge in [0.25, 0.3) is 5.89 Å². The molecule has 1 amide bonds. The minimum Gasteiger partial charge on any atom is -0.419 e. The van der Waals surface area contributed by atoms with Gasteiger partial charge in [-0.2, -0.15) is 0 Å². The zero-order valence-electron chi connectivity index (χ0n) is 9.35. The summed E-state index contributed by atoms with van der Waals surface area (Å²) in [5, 5.41) is 7.53. The molecule has 1 aromatic rings. The van der Waals surface area contributed by atoms with Crippen molar-refractivity contribution in [1.29, 1.82) is 0 Å². The molecule has 7 heteroatoms. The fourth-order valence-electron chi connectivity index (χ4n) is 1.95. The molecule has 2 heterocycles. The van der Waals surface area contributed by atoms with E-state index in [1.54, 1.807) is 11.8 Å². The highest BCUT2D eigenvalue weighted by atomic mass is 79.9. The Hall–Kier alpha value is -1.24. The van der Waals surface area contributed by atoms with Gasteiger partial charge in [-0.1, -0.05) is 15.9 Å². The van der Waals surface area contributed by atoms with Crippen LogP contribution in [0.2, 0.25) is 0 Å². The fraction of sp³-hybridized carbons (Fsp3) is 0.600. The predicted octanol–water partition coefficient (Wildman–Crippen LogP) is 0.947. The summed E-state index contributed by atoms with van der Waals surface area (Å²) in [6.45, 7) is 2.23. The third kappa shape index (κ3) is 2.38. The molecule has 0 aliphatic carbocycles. The number of Topliss-reactive ketones (excluding diaryl/α,β-unsaturated/α-hetero) is 1. The van der Waals surface area contributed by atoms with Crippen molar-refractivity contribution >= 4 is 27.6 Å². The Bertz CT molecular complexity index is 446. The van der Waals surface area contributed by atoms with Gasteiger partial charge in [0.2, 0.25) is 17.6 Å². The lowest BCUT2D eigenvalue weighted by Crippen LogP contribution is -2.41. The molecule has 0 spiro atoms. The monoisotopic (exact) mass is 301 g/mol. The van der Waals surface area contributed by atoms with Crippen LogP contribution in [-0.4, -0.2) is 44.7 Å². The van der Waals surface area contributed by atoms with Crippen molar-refractivity contribution < 1.29 is 14.0 Å². The molecule has 1 atom stereocenters. The second-order valence-corrected chi connectivity index (χ2v) is 4.43. The van der Waals surface area contributed by atoms with Crippen molar-refractivity contribution in [3.63, 3.8) is 0 Å². The van der Waals surface area contributed by atoms with Crippen molar-refractivity contribution in [1.82, 2.24) is 15.1 Å². The summed E-state index contributed by atoms with van der Waals surface area (Å²) in [6, 6.07) is -0.458. The van der Waals surface area contributed by atoms with E-state index in [2.05, 4.69) is 26.1 Å². The molecule has 92 valence electrons. The molecule has 0 aromatic carbocycles. The van der Waals surface area contributed by atoms with E-state index >= 15 is 0 Å². The van der Waals surface area contributed by atoms with Crippen LogP contribution in [0.3, 0.4) is 0 Å². The summed E-state index contributed by atoms with van der Waals surface area (Å²) >= 11 is 3.11. The van der Waals surface area contributed by atoms with E-state index in [0.717, 1.165) is 6.42 Å². The Morgan fingerprint density at radius 2 is 2.29 bits per heavy atom. The smallest absolute Gasteiger partial charge is 0.286 e. The summed E-state index contributed by atoms with van der Waals surface area (Å²) < 4.78 is 5.10. The van der Waals surface area contributed by atoms with Gasteiger partial charge in [-0.05, 0) is 12.8 Å². The number of aromatic nitrogens is 2. The lowest BCUT2D eigenvalue weighted by atomic mass is 10.1. The van der Waals surface area contributed by atoms with Crippen LogP contribution in [0.4, 0.5) is 0 Å². The van der Waals surface area contributed by atoms with E-state index in [9.17, 15) is 9.59 Å². The molecule has 17 heavy (non-hydrogen) atoms. The van der Waals surface area contributed by atoms with Gasteiger partial charge in [-0.15, -0.1) is 10.2 Å². The van der Waals surface area contributed by atoms with E-state index < -0.39 is 6.04 Å². The minimum atomic E-state index is -0.458. The van der Waals surface area contributed by atoms with Crippen LogP contribution in [0, 0.1) is 6.92 Å². The number of hydrogen-bond acceptors (Lipinski definition) is 5. The van der Waals surface area contributed by atoms with Crippen LogP contribution in [0.15, 0.2) is 4.42 Å². The third-order valence-corrected chi connectivity index (χ3v) is 3.21. The molecule has 1 aromatic heterocycles. The highest BCUT2D eigenvalue weighted by molar-refractivity contribution is 9.09. The number of alkyl halides is 1. The first-order chi connectivity index (χ1) is 8.13. The van der Waals surface area contributed by atoms with E-state index in [1.165, 1.54) is 0 Å². The standard InChI is InChI=1S/C10H12BrN3O3/c1-6-12-13-10(17-6)9(16)7-3-2-4-14(7)8(15)5-11/h7H,2-5H2,1H3/t7-/m0/s1. The van der Waals surface area contributed by atoms with Crippen LogP contribution >= 0.6 is 15.9 Å². The number of rotatable bonds is 3. The van der Waals surface area contributed by atoms with Gasteiger partial charge in [0.05, 0.1) is 5.33 Å². The zero-order valence-corrected chi connectivity index (χ0v) is 10.9. The average molecular weight is 302 g/mol. The summed E-state index contributed by atoms with van der Waals surface area (Å²) in [7, 11) is 0. The summed E-state index contributed by atoms with van der Waals surface area (Å²) in [5.41, 5.74) is 0.